The van der Waals surface area contributed by atoms with Crippen LogP contribution in [0.4, 0.5) is 5.69 Å². The van der Waals surface area contributed by atoms with E-state index in [1.54, 1.807) is 13.3 Å². The number of halogens is 1. The van der Waals surface area contributed by atoms with Crippen LogP contribution in [0, 0.1) is 6.92 Å². The number of aromatic nitrogens is 1. The summed E-state index contributed by atoms with van der Waals surface area (Å²) in [5, 5.41) is 3.33. The van der Waals surface area contributed by atoms with Crippen LogP contribution in [0.3, 0.4) is 0 Å². The van der Waals surface area contributed by atoms with Gasteiger partial charge in [0.15, 0.2) is 0 Å². The van der Waals surface area contributed by atoms with E-state index < -0.39 is 0 Å². The second kappa shape index (κ2) is 5.87. The van der Waals surface area contributed by atoms with Crippen LogP contribution in [0.1, 0.15) is 11.1 Å². The highest BCUT2D eigenvalue weighted by atomic mass is 79.9. The maximum atomic E-state index is 5.02. The number of nitrogens with zero attached hydrogens (tertiary/aromatic N) is 1. The molecule has 94 valence electrons. The molecule has 2 rings (SSSR count). The van der Waals surface area contributed by atoms with Crippen LogP contribution >= 0.6 is 15.9 Å². The molecule has 0 aliphatic rings. The third-order valence-corrected chi connectivity index (χ3v) is 3.55. The molecule has 0 bridgehead atoms. The maximum Gasteiger partial charge on any atom is 0.213 e. The Morgan fingerprint density at radius 3 is 2.72 bits per heavy atom. The molecule has 4 heteroatoms. The average molecular weight is 307 g/mol. The molecule has 3 nitrogen and oxygen atoms in total. The quantitative estimate of drug-likeness (QED) is 0.933. The summed E-state index contributed by atoms with van der Waals surface area (Å²) in [7, 11) is 1.61. The lowest BCUT2D eigenvalue weighted by molar-refractivity contribution is 0.398. The van der Waals surface area contributed by atoms with Crippen LogP contribution in [0.5, 0.6) is 5.88 Å². The van der Waals surface area contributed by atoms with Crippen LogP contribution in [0.25, 0.3) is 0 Å². The molecule has 0 fully saturated rings. The minimum absolute atomic E-state index is 0.625. The summed E-state index contributed by atoms with van der Waals surface area (Å²) in [6.45, 7) is 2.87. The van der Waals surface area contributed by atoms with Crippen molar-refractivity contribution in [1.82, 2.24) is 4.98 Å². The van der Waals surface area contributed by atoms with Crippen molar-refractivity contribution in [3.8, 4) is 5.88 Å². The molecule has 0 aliphatic carbocycles. The molecule has 0 saturated heterocycles. The van der Waals surface area contributed by atoms with Crippen LogP contribution in [0.2, 0.25) is 0 Å². The number of nitrogens with one attached hydrogen (secondary N) is 1. The van der Waals surface area contributed by atoms with Gasteiger partial charge in [-0.2, -0.15) is 0 Å². The van der Waals surface area contributed by atoms with Gasteiger partial charge in [-0.1, -0.05) is 28.1 Å². The second-order valence-electron chi connectivity index (χ2n) is 4.03. The smallest absolute Gasteiger partial charge is 0.213 e. The van der Waals surface area contributed by atoms with Gasteiger partial charge < -0.3 is 10.1 Å². The summed E-state index contributed by atoms with van der Waals surface area (Å²) in [4.78, 5) is 4.15. The minimum atomic E-state index is 0.625. The molecule has 18 heavy (non-hydrogen) atoms. The molecule has 0 atom stereocenters. The van der Waals surface area contributed by atoms with Crippen LogP contribution in [-0.2, 0) is 6.54 Å². The molecular formula is C14H15BrN2O. The van der Waals surface area contributed by atoms with Crippen molar-refractivity contribution in [1.29, 1.82) is 0 Å². The molecular weight excluding hydrogens is 292 g/mol. The Morgan fingerprint density at radius 2 is 2.11 bits per heavy atom. The van der Waals surface area contributed by atoms with E-state index in [-0.39, 0.29) is 0 Å². The molecule has 0 saturated carbocycles. The van der Waals surface area contributed by atoms with Crippen molar-refractivity contribution < 1.29 is 4.74 Å². The van der Waals surface area contributed by atoms with E-state index in [0.717, 1.165) is 16.7 Å². The summed E-state index contributed by atoms with van der Waals surface area (Å²) >= 11 is 3.50. The Balaban J connectivity index is 1.99. The second-order valence-corrected chi connectivity index (χ2v) is 4.88. The van der Waals surface area contributed by atoms with E-state index in [0.29, 0.717) is 5.88 Å². The highest BCUT2D eigenvalue weighted by molar-refractivity contribution is 9.10. The lowest BCUT2D eigenvalue weighted by Gasteiger charge is -2.08. The van der Waals surface area contributed by atoms with Crippen molar-refractivity contribution in [3.63, 3.8) is 0 Å². The third kappa shape index (κ3) is 3.23. The highest BCUT2D eigenvalue weighted by Crippen LogP contribution is 2.18. The Morgan fingerprint density at radius 1 is 1.28 bits per heavy atom. The Hall–Kier alpha value is -1.55. The van der Waals surface area contributed by atoms with Crippen molar-refractivity contribution in [2.45, 2.75) is 13.5 Å². The fourth-order valence-corrected chi connectivity index (χ4v) is 1.87. The van der Waals surface area contributed by atoms with Gasteiger partial charge in [-0.15, -0.1) is 0 Å². The molecule has 0 aliphatic heterocycles. The van der Waals surface area contributed by atoms with E-state index in [4.69, 9.17) is 4.74 Å². The normalized spacial score (nSPS) is 10.2. The van der Waals surface area contributed by atoms with Gasteiger partial charge in [0.05, 0.1) is 19.0 Å². The number of rotatable bonds is 4. The highest BCUT2D eigenvalue weighted by Gasteiger charge is 1.99. The number of hydrogen-bond acceptors (Lipinski definition) is 3. The number of methoxy groups -OCH3 is 1. The van der Waals surface area contributed by atoms with Crippen LogP contribution in [-0.4, -0.2) is 12.1 Å². The molecule has 0 radical (unpaired) electrons. The lowest BCUT2D eigenvalue weighted by atomic mass is 10.1. The standard InChI is InChI=1S/C14H15BrN2O/c1-10-7-11(3-5-13(10)15)8-16-12-4-6-14(18-2)17-9-12/h3-7,9,16H,8H2,1-2H3. The summed E-state index contributed by atoms with van der Waals surface area (Å²) in [5.74, 6) is 0.625. The van der Waals surface area contributed by atoms with E-state index in [1.165, 1.54) is 11.1 Å². The van der Waals surface area contributed by atoms with Gasteiger partial charge >= 0.3 is 0 Å². The first-order valence-electron chi connectivity index (χ1n) is 5.68. The van der Waals surface area contributed by atoms with E-state index in [1.807, 2.05) is 12.1 Å². The number of pyridine rings is 1. The first-order valence-corrected chi connectivity index (χ1v) is 6.47. The molecule has 1 N–H and O–H groups in total. The summed E-state index contributed by atoms with van der Waals surface area (Å²) < 4.78 is 6.15. The van der Waals surface area contributed by atoms with Gasteiger partial charge in [0, 0.05) is 17.1 Å². The Labute approximate surface area is 115 Å². The van der Waals surface area contributed by atoms with Crippen molar-refractivity contribution in [2.75, 3.05) is 12.4 Å². The zero-order chi connectivity index (χ0) is 13.0. The predicted octanol–water partition coefficient (Wildman–Crippen LogP) is 3.77. The topological polar surface area (TPSA) is 34.1 Å². The van der Waals surface area contributed by atoms with Crippen molar-refractivity contribution >= 4 is 21.6 Å². The average Bonchev–Trinajstić information content (AvgIpc) is 2.41. The molecule has 0 amide bonds. The van der Waals surface area contributed by atoms with Gasteiger partial charge in [0.25, 0.3) is 0 Å². The number of aryl methyl sites for hydroxylation is 1. The number of benzene rings is 1. The summed E-state index contributed by atoms with van der Waals surface area (Å²) in [5.41, 5.74) is 3.46. The lowest BCUT2D eigenvalue weighted by Crippen LogP contribution is -2.00. The third-order valence-electron chi connectivity index (χ3n) is 2.66. The van der Waals surface area contributed by atoms with Crippen LogP contribution in [0.15, 0.2) is 41.0 Å². The van der Waals surface area contributed by atoms with Crippen molar-refractivity contribution in [3.05, 3.63) is 52.1 Å². The Bertz CT molecular complexity index is 526. The fraction of sp³-hybridized carbons (Fsp3) is 0.214. The monoisotopic (exact) mass is 306 g/mol. The zero-order valence-corrected chi connectivity index (χ0v) is 12.0. The molecule has 1 aromatic carbocycles. The van der Waals surface area contributed by atoms with Crippen molar-refractivity contribution in [2.24, 2.45) is 0 Å². The van der Waals surface area contributed by atoms with Gasteiger partial charge in [-0.05, 0) is 30.2 Å². The molecule has 2 aromatic rings. The first-order chi connectivity index (χ1) is 8.69. The molecule has 1 aromatic heterocycles. The molecule has 1 heterocycles. The SMILES string of the molecule is COc1ccc(NCc2ccc(Br)c(C)c2)cn1. The van der Waals surface area contributed by atoms with E-state index >= 15 is 0 Å². The summed E-state index contributed by atoms with van der Waals surface area (Å²) in [6.07, 6.45) is 1.77. The molecule has 0 unspecified atom stereocenters. The minimum Gasteiger partial charge on any atom is -0.481 e. The predicted molar refractivity (Wildman–Crippen MR) is 77.0 cm³/mol. The van der Waals surface area contributed by atoms with Gasteiger partial charge in [0.1, 0.15) is 0 Å². The maximum absolute atomic E-state index is 5.02. The van der Waals surface area contributed by atoms with Gasteiger partial charge in [0.2, 0.25) is 5.88 Å². The van der Waals surface area contributed by atoms with E-state index in [9.17, 15) is 0 Å². The molecule has 0 spiro atoms. The van der Waals surface area contributed by atoms with Gasteiger partial charge in [-0.3, -0.25) is 0 Å². The zero-order valence-electron chi connectivity index (χ0n) is 10.4. The largest absolute Gasteiger partial charge is 0.481 e. The van der Waals surface area contributed by atoms with Crippen LogP contribution < -0.4 is 10.1 Å². The number of hydrogen-bond donors (Lipinski definition) is 1. The fourth-order valence-electron chi connectivity index (χ4n) is 1.63. The summed E-state index contributed by atoms with van der Waals surface area (Å²) in [6, 6.07) is 10.1. The number of anilines is 1. The number of ether oxygens (including phenoxy) is 1. The Kier molecular flexibility index (Phi) is 4.20. The van der Waals surface area contributed by atoms with E-state index in [2.05, 4.69) is 51.4 Å². The van der Waals surface area contributed by atoms with Gasteiger partial charge in [-0.25, -0.2) is 4.98 Å². The first kappa shape index (κ1) is 12.9.